The number of carboxylic acid groups (broad SMARTS) is 1. The third-order valence-electron chi connectivity index (χ3n) is 10.0. The average molecular weight is 571 g/mol. The Morgan fingerprint density at radius 1 is 1.08 bits per heavy atom. The number of carboxylic acids is 1. The molecule has 7 heteroatoms. The summed E-state index contributed by atoms with van der Waals surface area (Å²) in [6.07, 6.45) is 15.2. The maximum absolute atomic E-state index is 11.4. The molecule has 0 radical (unpaired) electrons. The maximum atomic E-state index is 11.4. The van der Waals surface area contributed by atoms with Crippen LogP contribution in [0.3, 0.4) is 0 Å². The average Bonchev–Trinajstić information content (AvgIpc) is 3.08. The molecule has 1 saturated heterocycles. The van der Waals surface area contributed by atoms with Crippen LogP contribution in [0.1, 0.15) is 137 Å². The number of carbonyl (C=O) groups is 1. The summed E-state index contributed by atoms with van der Waals surface area (Å²) in [5.74, 6) is -0.458. The highest BCUT2D eigenvalue weighted by atomic mass is 28.4. The topological polar surface area (TPSA) is 85.2 Å². The number of unbranched alkanes of at least 4 members (excludes halogenated alkanes) is 5. The first-order chi connectivity index (χ1) is 18.3. The lowest BCUT2D eigenvalue weighted by molar-refractivity contribution is -0.198. The zero-order chi connectivity index (χ0) is 29.1. The van der Waals surface area contributed by atoms with Crippen molar-refractivity contribution in [1.29, 1.82) is 0 Å². The Labute approximate surface area is 241 Å². The highest BCUT2D eigenvalue weighted by Crippen LogP contribution is 2.51. The monoisotopic (exact) mass is 570 g/mol. The van der Waals surface area contributed by atoms with Crippen molar-refractivity contribution in [3.63, 3.8) is 0 Å². The summed E-state index contributed by atoms with van der Waals surface area (Å²) in [7, 11) is -1.89. The minimum atomic E-state index is -1.89. The molecule has 0 bridgehead atoms. The molecular formula is C32H62O6Si. The second-order valence-corrected chi connectivity index (χ2v) is 19.0. The van der Waals surface area contributed by atoms with Crippen LogP contribution in [0, 0.1) is 11.3 Å². The zero-order valence-corrected chi connectivity index (χ0v) is 27.4. The predicted molar refractivity (Wildman–Crippen MR) is 161 cm³/mol. The number of aliphatic carboxylic acids is 1. The van der Waals surface area contributed by atoms with E-state index in [2.05, 4.69) is 47.7 Å². The number of hydrogen-bond donors (Lipinski definition) is 2. The van der Waals surface area contributed by atoms with Gasteiger partial charge in [0.15, 0.2) is 14.6 Å². The van der Waals surface area contributed by atoms with Crippen molar-refractivity contribution in [3.8, 4) is 0 Å². The third kappa shape index (κ3) is 11.0. The molecule has 0 spiro atoms. The Hall–Kier alpha value is -0.473. The molecule has 2 unspecified atom stereocenters. The molecule has 1 aliphatic heterocycles. The molecule has 0 aromatic heterocycles. The van der Waals surface area contributed by atoms with E-state index in [-0.39, 0.29) is 41.3 Å². The Balaban J connectivity index is 2.13. The molecule has 0 aromatic carbocycles. The van der Waals surface area contributed by atoms with E-state index in [1.54, 1.807) is 0 Å². The fourth-order valence-corrected chi connectivity index (χ4v) is 7.76. The van der Waals surface area contributed by atoms with Gasteiger partial charge in [-0.05, 0) is 80.8 Å². The van der Waals surface area contributed by atoms with E-state index in [0.717, 1.165) is 77.2 Å². The van der Waals surface area contributed by atoms with E-state index >= 15 is 0 Å². The van der Waals surface area contributed by atoms with Gasteiger partial charge in [-0.1, -0.05) is 73.1 Å². The lowest BCUT2D eigenvalue weighted by atomic mass is 9.71. The van der Waals surface area contributed by atoms with Gasteiger partial charge >= 0.3 is 5.97 Å². The van der Waals surface area contributed by atoms with Crippen LogP contribution in [-0.4, -0.2) is 55.7 Å². The van der Waals surface area contributed by atoms with Gasteiger partial charge in [-0.3, -0.25) is 4.79 Å². The van der Waals surface area contributed by atoms with Gasteiger partial charge in [-0.25, -0.2) is 0 Å². The molecule has 2 fully saturated rings. The number of ether oxygens (including phenoxy) is 2. The Bertz CT molecular complexity index is 701. The number of hydrogen-bond acceptors (Lipinski definition) is 5. The van der Waals surface area contributed by atoms with E-state index in [1.807, 2.05) is 0 Å². The molecule has 0 aromatic rings. The maximum Gasteiger partial charge on any atom is 0.303 e. The van der Waals surface area contributed by atoms with Gasteiger partial charge in [0.1, 0.15) is 0 Å². The molecule has 1 aliphatic carbocycles. The third-order valence-corrected chi connectivity index (χ3v) is 14.6. The van der Waals surface area contributed by atoms with Gasteiger partial charge in [-0.15, -0.1) is 0 Å². The summed E-state index contributed by atoms with van der Waals surface area (Å²) >= 11 is 0. The predicted octanol–water partition coefficient (Wildman–Crippen LogP) is 8.46. The van der Waals surface area contributed by atoms with Crippen molar-refractivity contribution < 1.29 is 28.9 Å². The molecule has 6 atom stereocenters. The van der Waals surface area contributed by atoms with Gasteiger partial charge in [0.05, 0.1) is 12.2 Å². The van der Waals surface area contributed by atoms with Crippen molar-refractivity contribution >= 4 is 14.3 Å². The van der Waals surface area contributed by atoms with Crippen molar-refractivity contribution in [2.24, 2.45) is 11.3 Å². The van der Waals surface area contributed by atoms with Crippen LogP contribution in [0.15, 0.2) is 0 Å². The van der Waals surface area contributed by atoms with Crippen molar-refractivity contribution in [2.45, 2.75) is 180 Å². The molecular weight excluding hydrogens is 508 g/mol. The van der Waals surface area contributed by atoms with Crippen LogP contribution >= 0.6 is 0 Å². The van der Waals surface area contributed by atoms with E-state index in [4.69, 9.17) is 19.0 Å². The SMILES string of the molecule is CCCCC[C@@H](CC[C@H]1C(OC2CCCCO2)C[C@H](O)[C@]1(C)CCCCCCC(=O)O)O[Si](C)(C)C(C)(C)C. The summed E-state index contributed by atoms with van der Waals surface area (Å²) in [6, 6.07) is 0. The largest absolute Gasteiger partial charge is 0.481 e. The summed E-state index contributed by atoms with van der Waals surface area (Å²) < 4.78 is 19.6. The molecule has 2 aliphatic rings. The van der Waals surface area contributed by atoms with Gasteiger partial charge < -0.3 is 24.1 Å². The van der Waals surface area contributed by atoms with Gasteiger partial charge in [0, 0.05) is 25.6 Å². The second kappa shape index (κ2) is 16.2. The molecule has 1 heterocycles. The lowest BCUT2D eigenvalue weighted by Crippen LogP contribution is -2.44. The fraction of sp³-hybridized carbons (Fsp3) is 0.969. The zero-order valence-electron chi connectivity index (χ0n) is 26.4. The quantitative estimate of drug-likeness (QED) is 0.127. The van der Waals surface area contributed by atoms with E-state index in [9.17, 15) is 9.90 Å². The minimum Gasteiger partial charge on any atom is -0.481 e. The van der Waals surface area contributed by atoms with E-state index < -0.39 is 20.4 Å². The highest BCUT2D eigenvalue weighted by Gasteiger charge is 2.52. The molecule has 2 rings (SSSR count). The molecule has 2 N–H and O–H groups in total. The van der Waals surface area contributed by atoms with Crippen LogP contribution in [-0.2, 0) is 18.7 Å². The number of aliphatic hydroxyl groups excluding tert-OH is 1. The Kier molecular flexibility index (Phi) is 14.5. The fourth-order valence-electron chi connectivity index (χ4n) is 6.34. The Morgan fingerprint density at radius 2 is 1.79 bits per heavy atom. The lowest BCUT2D eigenvalue weighted by Gasteiger charge is -2.41. The van der Waals surface area contributed by atoms with Gasteiger partial charge in [-0.2, -0.15) is 0 Å². The first-order valence-electron chi connectivity index (χ1n) is 16.1. The summed E-state index contributed by atoms with van der Waals surface area (Å²) in [5.41, 5.74) is -0.211. The first kappa shape index (κ1) is 34.7. The molecule has 6 nitrogen and oxygen atoms in total. The molecule has 0 amide bonds. The van der Waals surface area contributed by atoms with Gasteiger partial charge in [0.25, 0.3) is 0 Å². The van der Waals surface area contributed by atoms with Crippen LogP contribution in [0.5, 0.6) is 0 Å². The van der Waals surface area contributed by atoms with Crippen LogP contribution in [0.25, 0.3) is 0 Å². The van der Waals surface area contributed by atoms with Gasteiger partial charge in [0.2, 0.25) is 0 Å². The summed E-state index contributed by atoms with van der Waals surface area (Å²) in [4.78, 5) is 10.9. The van der Waals surface area contributed by atoms with Crippen molar-refractivity contribution in [1.82, 2.24) is 0 Å². The van der Waals surface area contributed by atoms with Crippen LogP contribution in [0.2, 0.25) is 18.1 Å². The van der Waals surface area contributed by atoms with Crippen LogP contribution in [0.4, 0.5) is 0 Å². The van der Waals surface area contributed by atoms with Crippen molar-refractivity contribution in [3.05, 3.63) is 0 Å². The number of aliphatic hydroxyl groups is 1. The smallest absolute Gasteiger partial charge is 0.303 e. The van der Waals surface area contributed by atoms with Crippen LogP contribution < -0.4 is 0 Å². The van der Waals surface area contributed by atoms with Crippen molar-refractivity contribution in [2.75, 3.05) is 6.61 Å². The van der Waals surface area contributed by atoms with E-state index in [1.165, 1.54) is 19.3 Å². The summed E-state index contributed by atoms with van der Waals surface area (Å²) in [6.45, 7) is 17.0. The molecule has 1 saturated carbocycles. The van der Waals surface area contributed by atoms with E-state index in [0.29, 0.717) is 6.42 Å². The molecule has 39 heavy (non-hydrogen) atoms. The standard InChI is InChI=1S/C32H62O6Si/c1-8-9-12-17-25(38-39(6,7)31(2,3)4)20-21-26-27(37-30-19-14-16-23-36-30)24-28(33)32(26,5)22-15-11-10-13-18-29(34)35/h25-28,30,33H,8-24H2,1-7H3,(H,34,35)/t25-,26-,27?,28-,30?,32+/m0/s1. The second-order valence-electron chi connectivity index (χ2n) is 14.2. The minimum absolute atomic E-state index is 0.00396. The molecule has 230 valence electrons. The number of rotatable bonds is 18. The first-order valence-corrected chi connectivity index (χ1v) is 19.1. The highest BCUT2D eigenvalue weighted by molar-refractivity contribution is 6.74. The Morgan fingerprint density at radius 3 is 2.41 bits per heavy atom. The normalized spacial score (nSPS) is 29.0. The summed E-state index contributed by atoms with van der Waals surface area (Å²) in [5, 5.41) is 20.5.